The first kappa shape index (κ1) is 13.5. The predicted molar refractivity (Wildman–Crippen MR) is 68.6 cm³/mol. The quantitative estimate of drug-likeness (QED) is 0.788. The van der Waals surface area contributed by atoms with Crippen LogP contribution in [0.3, 0.4) is 0 Å². The van der Waals surface area contributed by atoms with Crippen LogP contribution in [0.1, 0.15) is 4.57 Å². The van der Waals surface area contributed by atoms with Crippen molar-refractivity contribution in [1.82, 2.24) is 4.98 Å². The van der Waals surface area contributed by atoms with Gasteiger partial charge in [-0.15, -0.1) is 0 Å². The summed E-state index contributed by atoms with van der Waals surface area (Å²) in [5, 5.41) is 17.5. The van der Waals surface area contributed by atoms with E-state index in [2.05, 4.69) is 4.98 Å². The molecule has 0 atom stereocenters. The van der Waals surface area contributed by atoms with Gasteiger partial charge in [-0.05, 0) is 0 Å². The molecule has 19 heavy (non-hydrogen) atoms. The summed E-state index contributed by atoms with van der Waals surface area (Å²) in [6.45, 7) is -0.493. The van der Waals surface area contributed by atoms with Crippen molar-refractivity contribution in [3.63, 3.8) is 0 Å². The van der Waals surface area contributed by atoms with Crippen molar-refractivity contribution in [3.8, 4) is 17.9 Å². The van der Waals surface area contributed by atoms with Crippen molar-refractivity contribution in [2.45, 2.75) is 6.42 Å². The third kappa shape index (κ3) is 3.32. The van der Waals surface area contributed by atoms with Crippen molar-refractivity contribution in [2.75, 3.05) is 13.3 Å². The van der Waals surface area contributed by atoms with Gasteiger partial charge in [0.15, 0.2) is 0 Å². The number of hydrogen-bond donors (Lipinski definition) is 0. The fraction of sp³-hybridized carbons (Fsp3) is 0.308. The number of rotatable bonds is 5. The first-order chi connectivity index (χ1) is 9.26. The van der Waals surface area contributed by atoms with Gasteiger partial charge in [-0.1, -0.05) is 0 Å². The predicted octanol–water partition coefficient (Wildman–Crippen LogP) is 1.85. The van der Waals surface area contributed by atoms with E-state index in [-0.39, 0.29) is 21.1 Å². The van der Waals surface area contributed by atoms with Crippen LogP contribution in [-0.2, 0) is 6.42 Å². The second kappa shape index (κ2) is 6.33. The molecule has 2 aromatic rings. The molecular weight excluding hydrogens is 312 g/mol. The van der Waals surface area contributed by atoms with Gasteiger partial charge in [0.25, 0.3) is 0 Å². The first-order valence-corrected chi connectivity index (χ1v) is 7.35. The van der Waals surface area contributed by atoms with E-state index in [1.165, 1.54) is 0 Å². The average molecular weight is 322 g/mol. The number of alkyl halides is 1. The third-order valence-corrected chi connectivity index (χ3v) is 4.66. The van der Waals surface area contributed by atoms with E-state index in [0.29, 0.717) is 12.2 Å². The number of fused-ring (bicyclic) bond motifs is 1. The molecule has 0 amide bonds. The fourth-order valence-electron chi connectivity index (χ4n) is 1.58. The molecule has 0 radical (unpaired) electrons. The van der Waals surface area contributed by atoms with E-state index in [1.807, 2.05) is 18.2 Å². The van der Waals surface area contributed by atoms with Gasteiger partial charge in [-0.25, -0.2) is 0 Å². The Morgan fingerprint density at radius 3 is 2.84 bits per heavy atom. The van der Waals surface area contributed by atoms with Gasteiger partial charge >= 0.3 is 115 Å². The van der Waals surface area contributed by atoms with Gasteiger partial charge in [0.05, 0.1) is 0 Å². The minimum atomic E-state index is -0.641. The molecule has 0 aliphatic heterocycles. The maximum atomic E-state index is 12.0. The van der Waals surface area contributed by atoms with Gasteiger partial charge in [0.2, 0.25) is 0 Å². The molecule has 0 bridgehead atoms. The second-order valence-electron chi connectivity index (χ2n) is 3.79. The van der Waals surface area contributed by atoms with Gasteiger partial charge in [0, 0.05) is 0 Å². The Bertz CT molecular complexity index is 642. The van der Waals surface area contributed by atoms with Crippen molar-refractivity contribution in [2.24, 2.45) is 5.92 Å². The van der Waals surface area contributed by atoms with Crippen LogP contribution in [0, 0.1) is 28.6 Å². The first-order valence-electron chi connectivity index (χ1n) is 5.64. The number of hydrogen-bond acceptors (Lipinski definition) is 4. The summed E-state index contributed by atoms with van der Waals surface area (Å²) in [7, 11) is 0. The van der Waals surface area contributed by atoms with Crippen molar-refractivity contribution >= 4 is 24.3 Å². The van der Waals surface area contributed by atoms with Crippen LogP contribution in [-0.4, -0.2) is 32.8 Å². The molecule has 1 aromatic carbocycles. The molecule has 96 valence electrons. The Kier molecular flexibility index (Phi) is 4.52. The molecule has 0 saturated heterocycles. The molecular formula is C13H10FN3OSe. The van der Waals surface area contributed by atoms with E-state index < -0.39 is 12.6 Å². The Balaban J connectivity index is 2.21. The summed E-state index contributed by atoms with van der Waals surface area (Å²) in [4.78, 5) is 4.42. The molecule has 0 aliphatic rings. The van der Waals surface area contributed by atoms with Gasteiger partial charge in [-0.3, -0.25) is 0 Å². The Labute approximate surface area is 115 Å². The molecule has 4 nitrogen and oxygen atoms in total. The molecule has 1 aromatic heterocycles. The van der Waals surface area contributed by atoms with Crippen LogP contribution in [0.25, 0.3) is 9.78 Å². The molecule has 1 heterocycles. The van der Waals surface area contributed by atoms with Crippen LogP contribution in [0.15, 0.2) is 18.2 Å². The molecule has 0 aliphatic carbocycles. The standard InChI is InChI=1S/C13H10FN3OSe/c14-3-4-18-10-1-2-12-11(6-10)17-13(19-12)5-9(7-15)8-16/h1-2,6,9H,3-5H2. The maximum absolute atomic E-state index is 12.0. The summed E-state index contributed by atoms with van der Waals surface area (Å²) in [5.74, 6) is -0.0495. The van der Waals surface area contributed by atoms with E-state index in [4.69, 9.17) is 15.3 Å². The third-order valence-electron chi connectivity index (χ3n) is 2.44. The fourth-order valence-corrected chi connectivity index (χ4v) is 3.67. The number of ether oxygens (including phenoxy) is 1. The SMILES string of the molecule is N#CC(C#N)Cc1nc2cc(OCCF)ccc2[se]1. The molecule has 0 saturated carbocycles. The number of halogens is 1. The Morgan fingerprint density at radius 2 is 2.16 bits per heavy atom. The molecule has 0 unspecified atom stereocenters. The van der Waals surface area contributed by atoms with E-state index >= 15 is 0 Å². The van der Waals surface area contributed by atoms with Crippen LogP contribution in [0.5, 0.6) is 5.75 Å². The Hall–Kier alpha value is -1.88. The molecule has 0 spiro atoms. The summed E-state index contributed by atoms with van der Waals surface area (Å²) >= 11 is 0.0555. The molecule has 6 heteroatoms. The van der Waals surface area contributed by atoms with Crippen molar-refractivity contribution in [3.05, 3.63) is 22.8 Å². The summed E-state index contributed by atoms with van der Waals surface area (Å²) in [6.07, 6.45) is 0.391. The van der Waals surface area contributed by atoms with Gasteiger partial charge < -0.3 is 0 Å². The number of nitriles is 2. The zero-order valence-corrected chi connectivity index (χ0v) is 11.7. The molecule has 0 fully saturated rings. The van der Waals surface area contributed by atoms with Crippen LogP contribution in [0.2, 0.25) is 0 Å². The van der Waals surface area contributed by atoms with E-state index in [1.54, 1.807) is 12.1 Å². The average Bonchev–Trinajstić information content (AvgIpc) is 2.84. The normalized spacial score (nSPS) is 10.3. The van der Waals surface area contributed by atoms with Crippen LogP contribution in [0.4, 0.5) is 4.39 Å². The number of aromatic nitrogens is 1. The van der Waals surface area contributed by atoms with E-state index in [9.17, 15) is 4.39 Å². The number of benzene rings is 1. The summed E-state index contributed by atoms with van der Waals surface area (Å²) in [6, 6.07) is 9.37. The number of nitrogens with zero attached hydrogens (tertiary/aromatic N) is 3. The summed E-state index contributed by atoms with van der Waals surface area (Å²) in [5.41, 5.74) is 0.806. The minimum absolute atomic E-state index is 0.0332. The summed E-state index contributed by atoms with van der Waals surface area (Å²) < 4.78 is 19.2. The second-order valence-corrected chi connectivity index (χ2v) is 6.13. The topological polar surface area (TPSA) is 69.7 Å². The van der Waals surface area contributed by atoms with Crippen molar-refractivity contribution in [1.29, 1.82) is 10.5 Å². The zero-order chi connectivity index (χ0) is 13.7. The van der Waals surface area contributed by atoms with Gasteiger partial charge in [0.1, 0.15) is 0 Å². The van der Waals surface area contributed by atoms with Crippen LogP contribution < -0.4 is 4.74 Å². The monoisotopic (exact) mass is 323 g/mol. The van der Waals surface area contributed by atoms with Crippen LogP contribution >= 0.6 is 0 Å². The van der Waals surface area contributed by atoms with Crippen molar-refractivity contribution < 1.29 is 9.13 Å². The van der Waals surface area contributed by atoms with E-state index in [0.717, 1.165) is 14.3 Å². The Morgan fingerprint density at radius 1 is 1.37 bits per heavy atom. The molecule has 0 N–H and O–H groups in total. The molecule has 2 rings (SSSR count). The van der Waals surface area contributed by atoms with Gasteiger partial charge in [-0.2, -0.15) is 0 Å². The zero-order valence-electron chi connectivity index (χ0n) is 9.97.